The number of esters is 1. The highest BCUT2D eigenvalue weighted by molar-refractivity contribution is 6.30. The third kappa shape index (κ3) is 6.54. The summed E-state index contributed by atoms with van der Waals surface area (Å²) < 4.78 is 6.45. The van der Waals surface area contributed by atoms with Crippen LogP contribution in [0.3, 0.4) is 0 Å². The summed E-state index contributed by atoms with van der Waals surface area (Å²) in [6.45, 7) is 4.31. The van der Waals surface area contributed by atoms with E-state index in [0.717, 1.165) is 16.7 Å². The number of nitrogens with zero attached hydrogens (tertiary/aromatic N) is 2. The fraction of sp³-hybridized carbons (Fsp3) is 0.214. The zero-order valence-electron chi connectivity index (χ0n) is 20.6. The molecule has 0 aliphatic rings. The highest BCUT2D eigenvalue weighted by Crippen LogP contribution is 2.23. The second kappa shape index (κ2) is 11.7. The molecule has 190 valence electrons. The lowest BCUT2D eigenvalue weighted by Gasteiger charge is -2.13. The molecule has 2 N–H and O–H groups in total. The van der Waals surface area contributed by atoms with Gasteiger partial charge in [-0.05, 0) is 60.9 Å². The summed E-state index contributed by atoms with van der Waals surface area (Å²) in [5.74, 6) is 0.212. The SMILES string of the molecule is CCOC(=O)CCNC(=O)Nc1ccc2nc(C)n(Cc3ccc(-c4cccc(Cl)c4)cc3)c(=O)c2c1. The van der Waals surface area contributed by atoms with Crippen molar-refractivity contribution in [3.8, 4) is 11.1 Å². The van der Waals surface area contributed by atoms with Crippen molar-refractivity contribution in [3.63, 3.8) is 0 Å². The van der Waals surface area contributed by atoms with Gasteiger partial charge < -0.3 is 15.4 Å². The van der Waals surface area contributed by atoms with Gasteiger partial charge in [0, 0.05) is 17.3 Å². The molecule has 8 nitrogen and oxygen atoms in total. The number of fused-ring (bicyclic) bond motifs is 1. The molecule has 0 fully saturated rings. The summed E-state index contributed by atoms with van der Waals surface area (Å²) in [5.41, 5.74) is 3.79. The number of carbonyl (C=O) groups excluding carboxylic acids is 2. The lowest BCUT2D eigenvalue weighted by atomic mass is 10.0. The van der Waals surface area contributed by atoms with E-state index < -0.39 is 6.03 Å². The molecule has 0 spiro atoms. The first-order chi connectivity index (χ1) is 17.8. The van der Waals surface area contributed by atoms with Gasteiger partial charge in [-0.3, -0.25) is 14.2 Å². The highest BCUT2D eigenvalue weighted by atomic mass is 35.5. The van der Waals surface area contributed by atoms with E-state index in [2.05, 4.69) is 15.6 Å². The molecule has 2 amide bonds. The van der Waals surface area contributed by atoms with Gasteiger partial charge in [0.1, 0.15) is 5.82 Å². The maximum Gasteiger partial charge on any atom is 0.319 e. The molecule has 0 bridgehead atoms. The Morgan fingerprint density at radius 1 is 1.03 bits per heavy atom. The summed E-state index contributed by atoms with van der Waals surface area (Å²) in [5, 5.41) is 6.36. The second-order valence-electron chi connectivity index (χ2n) is 8.43. The van der Waals surface area contributed by atoms with Crippen molar-refractivity contribution >= 4 is 40.2 Å². The average Bonchev–Trinajstić information content (AvgIpc) is 2.87. The number of aromatic nitrogens is 2. The van der Waals surface area contributed by atoms with Crippen LogP contribution in [-0.2, 0) is 16.1 Å². The molecule has 0 unspecified atom stereocenters. The number of nitrogens with one attached hydrogen (secondary N) is 2. The maximum absolute atomic E-state index is 13.4. The lowest BCUT2D eigenvalue weighted by molar-refractivity contribution is -0.142. The number of anilines is 1. The van der Waals surface area contributed by atoms with Crippen LogP contribution in [-0.4, -0.2) is 34.7 Å². The van der Waals surface area contributed by atoms with E-state index in [-0.39, 0.29) is 24.5 Å². The third-order valence-electron chi connectivity index (χ3n) is 5.78. The zero-order valence-corrected chi connectivity index (χ0v) is 21.3. The maximum atomic E-state index is 13.4. The van der Waals surface area contributed by atoms with Crippen molar-refractivity contribution in [2.45, 2.75) is 26.8 Å². The van der Waals surface area contributed by atoms with Crippen LogP contribution in [0.25, 0.3) is 22.0 Å². The van der Waals surface area contributed by atoms with Crippen LogP contribution < -0.4 is 16.2 Å². The van der Waals surface area contributed by atoms with Crippen LogP contribution in [0.4, 0.5) is 10.5 Å². The molecule has 1 heterocycles. The van der Waals surface area contributed by atoms with Gasteiger partial charge in [-0.25, -0.2) is 9.78 Å². The molecule has 0 saturated heterocycles. The van der Waals surface area contributed by atoms with Crippen molar-refractivity contribution in [3.05, 3.63) is 93.5 Å². The largest absolute Gasteiger partial charge is 0.466 e. The Morgan fingerprint density at radius 2 is 1.81 bits per heavy atom. The number of benzene rings is 3. The van der Waals surface area contributed by atoms with E-state index in [9.17, 15) is 14.4 Å². The van der Waals surface area contributed by atoms with E-state index in [4.69, 9.17) is 16.3 Å². The minimum Gasteiger partial charge on any atom is -0.466 e. The smallest absolute Gasteiger partial charge is 0.319 e. The standard InChI is InChI=1S/C28H27ClN4O4/c1-3-37-26(34)13-14-30-28(36)32-23-11-12-25-24(16-23)27(35)33(18(2)31-25)17-19-7-9-20(10-8-19)21-5-4-6-22(29)15-21/h4-12,15-16H,3,13-14,17H2,1-2H3,(H2,30,32,36). The first kappa shape index (κ1) is 25.9. The van der Waals surface area contributed by atoms with Gasteiger partial charge in [0.15, 0.2) is 0 Å². The van der Waals surface area contributed by atoms with Gasteiger partial charge in [-0.15, -0.1) is 0 Å². The predicted octanol–water partition coefficient (Wildman–Crippen LogP) is 5.15. The van der Waals surface area contributed by atoms with Gasteiger partial charge in [0.05, 0.1) is 30.5 Å². The first-order valence-corrected chi connectivity index (χ1v) is 12.3. The molecule has 4 aromatic rings. The quantitative estimate of drug-likeness (QED) is 0.314. The molecule has 37 heavy (non-hydrogen) atoms. The number of carbonyl (C=O) groups is 2. The number of halogens is 1. The van der Waals surface area contributed by atoms with Crippen molar-refractivity contribution in [1.29, 1.82) is 0 Å². The van der Waals surface area contributed by atoms with Gasteiger partial charge in [-0.1, -0.05) is 48.0 Å². The molecular weight excluding hydrogens is 492 g/mol. The van der Waals surface area contributed by atoms with E-state index in [1.807, 2.05) is 48.5 Å². The summed E-state index contributed by atoms with van der Waals surface area (Å²) in [7, 11) is 0. The van der Waals surface area contributed by atoms with Crippen LogP contribution in [0.15, 0.2) is 71.5 Å². The minimum absolute atomic E-state index is 0.0763. The predicted molar refractivity (Wildman–Crippen MR) is 145 cm³/mol. The molecular formula is C28H27ClN4O4. The normalized spacial score (nSPS) is 10.8. The summed E-state index contributed by atoms with van der Waals surface area (Å²) in [4.78, 5) is 41.5. The second-order valence-corrected chi connectivity index (χ2v) is 8.86. The van der Waals surface area contributed by atoms with Crippen molar-refractivity contribution in [1.82, 2.24) is 14.9 Å². The van der Waals surface area contributed by atoms with Gasteiger partial charge >= 0.3 is 12.0 Å². The van der Waals surface area contributed by atoms with E-state index in [0.29, 0.717) is 40.6 Å². The Bertz CT molecular complexity index is 1500. The van der Waals surface area contributed by atoms with Gasteiger partial charge in [0.2, 0.25) is 0 Å². The summed E-state index contributed by atoms with van der Waals surface area (Å²) in [6, 6.07) is 20.1. The molecule has 3 aromatic carbocycles. The van der Waals surface area contributed by atoms with Crippen LogP contribution in [0.1, 0.15) is 24.7 Å². The van der Waals surface area contributed by atoms with Gasteiger partial charge in [0.25, 0.3) is 5.56 Å². The van der Waals surface area contributed by atoms with Crippen LogP contribution in [0, 0.1) is 6.92 Å². The Morgan fingerprint density at radius 3 is 2.54 bits per heavy atom. The number of amides is 2. The molecule has 0 aliphatic heterocycles. The molecule has 4 rings (SSSR count). The Labute approximate surface area is 219 Å². The molecule has 9 heteroatoms. The summed E-state index contributed by atoms with van der Waals surface area (Å²) in [6.07, 6.45) is 0.0763. The highest BCUT2D eigenvalue weighted by Gasteiger charge is 2.11. The number of hydrogen-bond acceptors (Lipinski definition) is 5. The minimum atomic E-state index is -0.483. The number of urea groups is 1. The third-order valence-corrected chi connectivity index (χ3v) is 6.01. The molecule has 0 atom stereocenters. The Hall–Kier alpha value is -4.17. The average molecular weight is 519 g/mol. The number of hydrogen-bond donors (Lipinski definition) is 2. The van der Waals surface area contributed by atoms with Gasteiger partial charge in [-0.2, -0.15) is 0 Å². The van der Waals surface area contributed by atoms with Crippen molar-refractivity contribution in [2.75, 3.05) is 18.5 Å². The van der Waals surface area contributed by atoms with Crippen LogP contribution in [0.5, 0.6) is 0 Å². The number of ether oxygens (including phenoxy) is 1. The first-order valence-electron chi connectivity index (χ1n) is 11.9. The zero-order chi connectivity index (χ0) is 26.4. The molecule has 0 saturated carbocycles. The fourth-order valence-electron chi connectivity index (χ4n) is 3.94. The Kier molecular flexibility index (Phi) is 8.20. The Balaban J connectivity index is 1.50. The van der Waals surface area contributed by atoms with E-state index in [1.54, 1.807) is 36.6 Å². The van der Waals surface area contributed by atoms with Crippen molar-refractivity contribution in [2.24, 2.45) is 0 Å². The van der Waals surface area contributed by atoms with Crippen molar-refractivity contribution < 1.29 is 14.3 Å². The molecule has 0 radical (unpaired) electrons. The summed E-state index contributed by atoms with van der Waals surface area (Å²) >= 11 is 6.11. The fourth-order valence-corrected chi connectivity index (χ4v) is 4.13. The van der Waals surface area contributed by atoms with Crippen LogP contribution in [0.2, 0.25) is 5.02 Å². The number of rotatable bonds is 8. The van der Waals surface area contributed by atoms with Crippen LogP contribution >= 0.6 is 11.6 Å². The van der Waals surface area contributed by atoms with E-state index in [1.165, 1.54) is 0 Å². The topological polar surface area (TPSA) is 102 Å². The number of aryl methyl sites for hydroxylation is 1. The molecule has 1 aromatic heterocycles. The molecule has 0 aliphatic carbocycles. The monoisotopic (exact) mass is 518 g/mol. The lowest BCUT2D eigenvalue weighted by Crippen LogP contribution is -2.31. The van der Waals surface area contributed by atoms with E-state index >= 15 is 0 Å².